The topological polar surface area (TPSA) is 419 Å². The lowest BCUT2D eigenvalue weighted by atomic mass is 9.98. The van der Waals surface area contributed by atoms with Crippen molar-refractivity contribution >= 4 is 94.4 Å². The molecule has 110 heavy (non-hydrogen) atoms. The number of fused-ring (bicyclic) bond motifs is 2. The lowest BCUT2D eigenvalue weighted by molar-refractivity contribution is -0.387. The third-order valence-corrected chi connectivity index (χ3v) is 16.7. The van der Waals surface area contributed by atoms with E-state index in [1.807, 2.05) is 0 Å². The van der Waals surface area contributed by atoms with E-state index in [2.05, 4.69) is 54.2 Å². The molecule has 0 saturated carbocycles. The quantitative estimate of drug-likeness (QED) is 0.00654. The number of aromatic nitrogens is 2. The average Bonchev–Trinajstić information content (AvgIpc) is 1.45. The molecule has 2 saturated heterocycles. The summed E-state index contributed by atoms with van der Waals surface area (Å²) in [6.07, 6.45) is -8.03. The first-order valence-electron chi connectivity index (χ1n) is 34.0. The summed E-state index contributed by atoms with van der Waals surface area (Å²) in [6.45, 7) is 15.0. The number of carbonyl (C=O) groups is 10. The first kappa shape index (κ1) is 80.7. The fourth-order valence-electron chi connectivity index (χ4n) is 11.7. The number of nitro benzene ring substituents is 1. The second kappa shape index (κ2) is 38.2. The lowest BCUT2D eigenvalue weighted by Gasteiger charge is -2.42. The predicted molar refractivity (Wildman–Crippen MR) is 390 cm³/mol. The molecule has 0 spiro atoms. The van der Waals surface area contributed by atoms with Crippen LogP contribution in [0.1, 0.15) is 69.0 Å². The highest BCUT2D eigenvalue weighted by molar-refractivity contribution is 6.07. The molecule has 35 heteroatoms. The highest BCUT2D eigenvalue weighted by Crippen LogP contribution is 2.42. The Kier molecular flexibility index (Phi) is 28.0. The highest BCUT2D eigenvalue weighted by Gasteiger charge is 2.58. The van der Waals surface area contributed by atoms with Crippen molar-refractivity contribution in [1.29, 1.82) is 0 Å². The average molecular weight is 1520 g/mol. The molecule has 2 fully saturated rings. The Balaban J connectivity index is 0.852. The minimum atomic E-state index is -2.22. The Hall–Kier alpha value is -13.4. The number of carbonyl (C=O) groups excluding carboxylic acids is 10. The third-order valence-electron chi connectivity index (χ3n) is 16.7. The smallest absolute Gasteiger partial charge is 0.493 e. The molecule has 2 aromatic heterocycles. The summed E-state index contributed by atoms with van der Waals surface area (Å²) < 4.78 is 74.1. The normalized spacial score (nSPS) is 17.5. The molecule has 5 N–H and O–H groups in total. The lowest BCUT2D eigenvalue weighted by Crippen LogP contribution is -2.64. The van der Waals surface area contributed by atoms with Gasteiger partial charge in [-0.25, -0.2) is 33.7 Å². The summed E-state index contributed by atoms with van der Waals surface area (Å²) >= 11 is 0. The molecule has 4 aromatic carbocycles. The van der Waals surface area contributed by atoms with Crippen molar-refractivity contribution in [2.75, 3.05) is 79.5 Å². The molecule has 0 bridgehead atoms. The molecular weight excluding hydrogens is 1440 g/mol. The first-order valence-corrected chi connectivity index (χ1v) is 34.0. The highest BCUT2D eigenvalue weighted by atomic mass is 16.8. The molecule has 3 aliphatic heterocycles. The molecule has 1 unspecified atom stereocenters. The number of esters is 1. The number of aliphatic hydroxyl groups is 1. The van der Waals surface area contributed by atoms with Crippen molar-refractivity contribution in [3.05, 3.63) is 199 Å². The van der Waals surface area contributed by atoms with Crippen molar-refractivity contribution < 1.29 is 120 Å². The maximum atomic E-state index is 14.6. The molecule has 0 aliphatic carbocycles. The van der Waals surface area contributed by atoms with Crippen LogP contribution >= 0.6 is 0 Å². The molecule has 0 radical (unpaired) electrons. The molecule has 6 aromatic rings. The number of piperidine rings is 1. The number of benzene rings is 4. The second-order valence-corrected chi connectivity index (χ2v) is 24.3. The van der Waals surface area contributed by atoms with Gasteiger partial charge in [-0.3, -0.25) is 34.6 Å². The Morgan fingerprint density at radius 3 is 1.81 bits per heavy atom. The van der Waals surface area contributed by atoms with Crippen molar-refractivity contribution in [1.82, 2.24) is 14.0 Å². The zero-order chi connectivity index (χ0) is 79.1. The van der Waals surface area contributed by atoms with Crippen LogP contribution in [-0.4, -0.2) is 181 Å². The second-order valence-electron chi connectivity index (χ2n) is 24.3. The van der Waals surface area contributed by atoms with E-state index in [9.17, 15) is 63.2 Å². The van der Waals surface area contributed by atoms with E-state index in [0.717, 1.165) is 40.3 Å². The predicted octanol–water partition coefficient (Wildman–Crippen LogP) is 10.4. The number of hydrogen-bond acceptors (Lipinski definition) is 26. The van der Waals surface area contributed by atoms with Crippen LogP contribution in [0.15, 0.2) is 167 Å². The number of ether oxygens (including phenoxy) is 13. The fraction of sp³-hybridized carbons (Fsp3) is 0.307. The minimum absolute atomic E-state index is 0.0119. The van der Waals surface area contributed by atoms with Gasteiger partial charge in [-0.05, 0) is 97.5 Å². The van der Waals surface area contributed by atoms with Crippen LogP contribution in [0.2, 0.25) is 0 Å². The van der Waals surface area contributed by atoms with Crippen LogP contribution in [0.4, 0.5) is 58.1 Å². The number of methoxy groups -OCH3 is 1. The Labute approximate surface area is 628 Å². The van der Waals surface area contributed by atoms with E-state index < -0.39 is 147 Å². The molecule has 3 aliphatic rings. The maximum absolute atomic E-state index is 14.6. The van der Waals surface area contributed by atoms with Crippen molar-refractivity contribution in [3.8, 4) is 28.4 Å². The molecule has 5 heterocycles. The minimum Gasteiger partial charge on any atom is -0.493 e. The summed E-state index contributed by atoms with van der Waals surface area (Å²) in [5.41, 5.74) is 2.62. The van der Waals surface area contributed by atoms with Gasteiger partial charge in [-0.1, -0.05) is 81.5 Å². The largest absolute Gasteiger partial charge is 0.509 e. The Bertz CT molecular complexity index is 4460. The number of nitro groups is 1. The zero-order valence-electron chi connectivity index (χ0n) is 59.9. The standard InChI is InChI=1S/C75H79N9O26/c1-9-30-100-69(90)63-61(108-73(93)102-32-11-3)62(109-74(94)103-33-12-4)64(110-75(95)104-34-13-5)70(107-63)106-57-28-19-44(36-54(57)84(96)97)43-105-72(92)83-53-40-59(58(98-8)39-51(53)67(88)82-29-15-14-17-52(82)68(83)89)99-35-16-18-60(85)76-50-38-56(81(7)42-50)66(87)77-47-22-20-45(21-23-47)46-37-55(80(6)41-46)65(86)78-48-24-26-49(27-25-48)79-71(91)101-31-10-2/h9-13,19-28,36-42,52,61-64,68,70,89H,1-5,14-18,29-35,43H2,6-8H3,(H,76,85)(H,77,87)(H,78,86)(H,79,91)/t52-,61-,62-,63-,64+,68?,70+/m0/s1. The molecule has 580 valence electrons. The van der Waals surface area contributed by atoms with Gasteiger partial charge in [0.05, 0.1) is 41.6 Å². The van der Waals surface area contributed by atoms with Gasteiger partial charge in [0.2, 0.25) is 18.3 Å². The number of amides is 6. The first-order chi connectivity index (χ1) is 52.9. The third kappa shape index (κ3) is 20.6. The number of nitrogens with zero attached hydrogens (tertiary/aromatic N) is 5. The van der Waals surface area contributed by atoms with Crippen LogP contribution < -0.4 is 40.4 Å². The fourth-order valence-corrected chi connectivity index (χ4v) is 11.7. The molecule has 7 atom stereocenters. The molecular formula is C75H79N9O26. The number of rotatable bonds is 32. The Morgan fingerprint density at radius 2 is 1.19 bits per heavy atom. The maximum Gasteiger partial charge on any atom is 0.509 e. The van der Waals surface area contributed by atoms with E-state index in [4.69, 9.17) is 61.6 Å². The van der Waals surface area contributed by atoms with Crippen LogP contribution in [0.5, 0.6) is 17.2 Å². The van der Waals surface area contributed by atoms with Gasteiger partial charge < -0.3 is 96.7 Å². The SMILES string of the molecule is C=CCOC(=O)Nc1ccc(NC(=O)c2cc(-c3ccc(NC(=O)c4cc(NC(=O)CCCOc5cc6c(cc5OC)C(=O)N5CCCC[C@H]5C(O)N6C(=O)OCc5ccc(O[C@@H]6O[C@H](C(=O)OCC=C)[C@@H](OC(=O)OCC=C)[C@H](OC(=O)OCC=C)[C@H]6OC(=O)OCC=C)c([N+](=O)[O-])c5)cn4C)cc3)cn2C)cc1. The van der Waals surface area contributed by atoms with Crippen molar-refractivity contribution in [2.24, 2.45) is 14.1 Å². The summed E-state index contributed by atoms with van der Waals surface area (Å²) in [4.78, 5) is 149. The zero-order valence-corrected chi connectivity index (χ0v) is 59.9. The van der Waals surface area contributed by atoms with Gasteiger partial charge in [0.15, 0.2) is 41.8 Å². The monoisotopic (exact) mass is 1520 g/mol. The van der Waals surface area contributed by atoms with Gasteiger partial charge in [-0.15, -0.1) is 0 Å². The number of aliphatic hydroxyl groups excluding tert-OH is 1. The van der Waals surface area contributed by atoms with Crippen molar-refractivity contribution in [2.45, 2.75) is 81.7 Å². The summed E-state index contributed by atoms with van der Waals surface area (Å²) in [7, 11) is 4.68. The van der Waals surface area contributed by atoms with Crippen LogP contribution in [0, 0.1) is 10.1 Å². The number of aryl methyl sites for hydroxylation is 2. The van der Waals surface area contributed by atoms with Gasteiger partial charge in [0, 0.05) is 74.2 Å². The van der Waals surface area contributed by atoms with Gasteiger partial charge in [0.25, 0.3) is 17.7 Å². The van der Waals surface area contributed by atoms with Gasteiger partial charge >= 0.3 is 42.3 Å². The van der Waals surface area contributed by atoms with E-state index in [0.29, 0.717) is 41.3 Å². The Morgan fingerprint density at radius 1 is 0.618 bits per heavy atom. The summed E-state index contributed by atoms with van der Waals surface area (Å²) in [5.74, 6) is -3.79. The van der Waals surface area contributed by atoms with E-state index >= 15 is 0 Å². The molecule has 9 rings (SSSR count). The van der Waals surface area contributed by atoms with Crippen LogP contribution in [0.25, 0.3) is 11.1 Å². The van der Waals surface area contributed by atoms with E-state index in [1.165, 1.54) is 59.1 Å². The number of hydrogen-bond donors (Lipinski definition) is 5. The summed E-state index contributed by atoms with van der Waals surface area (Å²) in [5, 5.41) is 36.2. The van der Waals surface area contributed by atoms with Crippen LogP contribution in [-0.2, 0) is 77.7 Å². The van der Waals surface area contributed by atoms with Crippen molar-refractivity contribution in [3.63, 3.8) is 0 Å². The van der Waals surface area contributed by atoms with Gasteiger partial charge in [-0.2, -0.15) is 0 Å². The molecule has 35 nitrogen and oxygen atoms in total. The number of anilines is 5. The van der Waals surface area contributed by atoms with E-state index in [1.54, 1.807) is 85.7 Å². The number of nitrogens with one attached hydrogen (secondary N) is 4. The molecule has 6 amide bonds. The van der Waals surface area contributed by atoms with Crippen LogP contribution in [0.3, 0.4) is 0 Å². The summed E-state index contributed by atoms with van der Waals surface area (Å²) in [6, 6.07) is 21.5. The van der Waals surface area contributed by atoms with Gasteiger partial charge in [0.1, 0.15) is 51.0 Å². The van der Waals surface area contributed by atoms with E-state index in [-0.39, 0.29) is 78.9 Å².